The number of benzene rings is 1. The van der Waals surface area contributed by atoms with Crippen LogP contribution in [-0.4, -0.2) is 25.4 Å². The molecule has 8 heteroatoms. The lowest BCUT2D eigenvalue weighted by molar-refractivity contribution is 0.589. The molecule has 2 rings (SSSR count). The minimum Gasteiger partial charge on any atom is -0.388 e. The van der Waals surface area contributed by atoms with Crippen LogP contribution in [0.25, 0.3) is 0 Å². The summed E-state index contributed by atoms with van der Waals surface area (Å²) in [5, 5.41) is 0. The van der Waals surface area contributed by atoms with Crippen molar-refractivity contribution in [2.75, 3.05) is 11.4 Å². The second-order valence-corrected chi connectivity index (χ2v) is 6.52. The fourth-order valence-corrected chi connectivity index (χ4v) is 3.35. The minimum atomic E-state index is -4.03. The van der Waals surface area contributed by atoms with E-state index in [0.717, 1.165) is 4.31 Å². The number of para-hydroxylation sites is 1. The lowest BCUT2D eigenvalue weighted by Gasteiger charge is -2.21. The quantitative estimate of drug-likeness (QED) is 0.866. The summed E-state index contributed by atoms with van der Waals surface area (Å²) in [5.41, 5.74) is 5.40. The third-order valence-electron chi connectivity index (χ3n) is 2.83. The van der Waals surface area contributed by atoms with Crippen LogP contribution in [0.3, 0.4) is 0 Å². The maximum Gasteiger partial charge on any atom is 0.266 e. The number of nitrogens with zero attached hydrogens (tertiary/aromatic N) is 2. The molecule has 5 nitrogen and oxygen atoms in total. The van der Waals surface area contributed by atoms with E-state index < -0.39 is 15.8 Å². The Labute approximate surface area is 127 Å². The third-order valence-corrected chi connectivity index (χ3v) is 4.83. The van der Waals surface area contributed by atoms with Gasteiger partial charge in [0.2, 0.25) is 0 Å². The van der Waals surface area contributed by atoms with E-state index in [0.29, 0.717) is 0 Å². The maximum absolute atomic E-state index is 13.8. The van der Waals surface area contributed by atoms with Gasteiger partial charge in [0.25, 0.3) is 10.0 Å². The first-order valence-electron chi connectivity index (χ1n) is 5.84. The summed E-state index contributed by atoms with van der Waals surface area (Å²) < 4.78 is 39.8. The van der Waals surface area contributed by atoms with Crippen LogP contribution in [0.15, 0.2) is 47.5 Å². The van der Waals surface area contributed by atoms with E-state index in [-0.39, 0.29) is 21.3 Å². The van der Waals surface area contributed by atoms with Crippen LogP contribution in [0, 0.1) is 5.82 Å². The van der Waals surface area contributed by atoms with Gasteiger partial charge >= 0.3 is 0 Å². The molecule has 2 N–H and O–H groups in total. The largest absolute Gasteiger partial charge is 0.388 e. The molecule has 1 heterocycles. The van der Waals surface area contributed by atoms with E-state index in [1.165, 1.54) is 43.6 Å². The molecule has 0 aliphatic rings. The number of rotatable bonds is 4. The standard InChI is InChI=1S/C13H12FN3O2S2/c1-17(10-6-3-2-5-9(10)14)21(18,19)11-7-4-8-16-12(11)13(15)20/h2-8H,1H3,(H2,15,20). The van der Waals surface area contributed by atoms with Crippen molar-refractivity contribution in [3.05, 3.63) is 54.1 Å². The number of hydrogen-bond acceptors (Lipinski definition) is 4. The highest BCUT2D eigenvalue weighted by molar-refractivity contribution is 7.93. The average molecular weight is 325 g/mol. The first-order chi connectivity index (χ1) is 9.85. The van der Waals surface area contributed by atoms with Crippen LogP contribution in [-0.2, 0) is 10.0 Å². The molecule has 0 aliphatic heterocycles. The van der Waals surface area contributed by atoms with E-state index in [1.807, 2.05) is 0 Å². The van der Waals surface area contributed by atoms with E-state index in [9.17, 15) is 12.8 Å². The Morgan fingerprint density at radius 2 is 1.95 bits per heavy atom. The van der Waals surface area contributed by atoms with Crippen LogP contribution >= 0.6 is 12.2 Å². The van der Waals surface area contributed by atoms with Crippen LogP contribution in [0.5, 0.6) is 0 Å². The number of hydrogen-bond donors (Lipinski definition) is 1. The van der Waals surface area contributed by atoms with E-state index >= 15 is 0 Å². The summed E-state index contributed by atoms with van der Waals surface area (Å²) in [6, 6.07) is 8.34. The summed E-state index contributed by atoms with van der Waals surface area (Å²) in [6.07, 6.45) is 1.39. The number of anilines is 1. The predicted octanol–water partition coefficient (Wildman–Crippen LogP) is 1.68. The zero-order valence-corrected chi connectivity index (χ0v) is 12.7. The van der Waals surface area contributed by atoms with Gasteiger partial charge in [-0.3, -0.25) is 9.29 Å². The van der Waals surface area contributed by atoms with Crippen LogP contribution in [0.4, 0.5) is 10.1 Å². The first-order valence-corrected chi connectivity index (χ1v) is 7.69. The number of thiocarbonyl (C=S) groups is 1. The van der Waals surface area contributed by atoms with Gasteiger partial charge in [0, 0.05) is 13.2 Å². The number of pyridine rings is 1. The Kier molecular flexibility index (Phi) is 4.19. The maximum atomic E-state index is 13.8. The summed E-state index contributed by atoms with van der Waals surface area (Å²) in [6.45, 7) is 0. The number of aromatic nitrogens is 1. The van der Waals surface area contributed by atoms with Crippen molar-refractivity contribution < 1.29 is 12.8 Å². The molecule has 0 spiro atoms. The normalized spacial score (nSPS) is 11.1. The SMILES string of the molecule is CN(c1ccccc1F)S(=O)(=O)c1cccnc1C(N)=S. The summed E-state index contributed by atoms with van der Waals surface area (Å²) in [7, 11) is -2.77. The van der Waals surface area contributed by atoms with E-state index in [1.54, 1.807) is 6.07 Å². The Hall–Kier alpha value is -2.06. The van der Waals surface area contributed by atoms with Gasteiger partial charge in [-0.25, -0.2) is 12.8 Å². The Bertz CT molecular complexity index is 794. The van der Waals surface area contributed by atoms with Gasteiger partial charge in [-0.05, 0) is 24.3 Å². The molecule has 2 aromatic rings. The lowest BCUT2D eigenvalue weighted by Crippen LogP contribution is -2.30. The molecule has 0 saturated heterocycles. The molecular formula is C13H12FN3O2S2. The lowest BCUT2D eigenvalue weighted by atomic mass is 10.3. The molecule has 0 fully saturated rings. The zero-order chi connectivity index (χ0) is 15.6. The van der Waals surface area contributed by atoms with Crippen LogP contribution in [0.2, 0.25) is 0 Å². The van der Waals surface area contributed by atoms with Crippen molar-refractivity contribution in [3.63, 3.8) is 0 Å². The molecule has 1 aromatic carbocycles. The van der Waals surface area contributed by atoms with Gasteiger partial charge in [-0.2, -0.15) is 0 Å². The molecule has 0 atom stereocenters. The highest BCUT2D eigenvalue weighted by Gasteiger charge is 2.27. The zero-order valence-electron chi connectivity index (χ0n) is 11.0. The van der Waals surface area contributed by atoms with Gasteiger partial charge in [0.05, 0.1) is 5.69 Å². The second kappa shape index (κ2) is 5.74. The van der Waals surface area contributed by atoms with Crippen molar-refractivity contribution in [2.24, 2.45) is 5.73 Å². The van der Waals surface area contributed by atoms with Gasteiger partial charge < -0.3 is 5.73 Å². The minimum absolute atomic E-state index is 0.0179. The monoisotopic (exact) mass is 325 g/mol. The van der Waals surface area contributed by atoms with Crippen molar-refractivity contribution >= 4 is 32.9 Å². The number of sulfonamides is 1. The summed E-state index contributed by atoms with van der Waals surface area (Å²) in [4.78, 5) is 3.57. The van der Waals surface area contributed by atoms with Crippen molar-refractivity contribution in [1.82, 2.24) is 4.98 Å². The van der Waals surface area contributed by atoms with Crippen LogP contribution in [0.1, 0.15) is 5.69 Å². The molecule has 0 saturated carbocycles. The molecule has 0 aliphatic carbocycles. The number of nitrogens with two attached hydrogens (primary N) is 1. The topological polar surface area (TPSA) is 76.3 Å². The predicted molar refractivity (Wildman–Crippen MR) is 82.1 cm³/mol. The molecule has 0 bridgehead atoms. The highest BCUT2D eigenvalue weighted by Crippen LogP contribution is 2.25. The highest BCUT2D eigenvalue weighted by atomic mass is 32.2. The van der Waals surface area contributed by atoms with Crippen molar-refractivity contribution in [1.29, 1.82) is 0 Å². The molecular weight excluding hydrogens is 313 g/mol. The fourth-order valence-electron chi connectivity index (χ4n) is 1.77. The van der Waals surface area contributed by atoms with Gasteiger partial charge in [0.15, 0.2) is 0 Å². The first kappa shape index (κ1) is 15.3. The molecule has 110 valence electrons. The molecule has 0 unspecified atom stereocenters. The summed E-state index contributed by atoms with van der Waals surface area (Å²) in [5.74, 6) is -0.649. The fraction of sp³-hybridized carbons (Fsp3) is 0.0769. The molecule has 0 amide bonds. The van der Waals surface area contributed by atoms with E-state index in [2.05, 4.69) is 4.98 Å². The van der Waals surface area contributed by atoms with Gasteiger partial charge in [-0.1, -0.05) is 24.4 Å². The molecule has 0 radical (unpaired) electrons. The smallest absolute Gasteiger partial charge is 0.266 e. The Balaban J connectivity index is 2.58. The molecule has 1 aromatic heterocycles. The number of halogens is 1. The summed E-state index contributed by atoms with van der Waals surface area (Å²) >= 11 is 4.81. The van der Waals surface area contributed by atoms with Gasteiger partial charge in [-0.15, -0.1) is 0 Å². The van der Waals surface area contributed by atoms with Gasteiger partial charge in [0.1, 0.15) is 21.4 Å². The van der Waals surface area contributed by atoms with Crippen molar-refractivity contribution in [3.8, 4) is 0 Å². The Morgan fingerprint density at radius 1 is 1.29 bits per heavy atom. The van der Waals surface area contributed by atoms with Crippen LogP contribution < -0.4 is 10.0 Å². The third kappa shape index (κ3) is 2.86. The Morgan fingerprint density at radius 3 is 2.57 bits per heavy atom. The average Bonchev–Trinajstić information content (AvgIpc) is 2.47. The van der Waals surface area contributed by atoms with E-state index in [4.69, 9.17) is 18.0 Å². The molecule has 21 heavy (non-hydrogen) atoms. The second-order valence-electron chi connectivity index (χ2n) is 4.14. The van der Waals surface area contributed by atoms with Crippen molar-refractivity contribution in [2.45, 2.75) is 4.90 Å².